The Morgan fingerprint density at radius 3 is 1.47 bits per heavy atom. The second kappa shape index (κ2) is 7.50. The minimum absolute atomic E-state index is 0.438. The Hall–Kier alpha value is -0.781. The molecule has 0 heterocycles. The van der Waals surface area contributed by atoms with E-state index < -0.39 is 33.9 Å². The van der Waals surface area contributed by atoms with Gasteiger partial charge in [0.2, 0.25) is 0 Å². The molecule has 0 aromatic rings. The SMILES string of the molecule is CC(C)=CC(=O)[O][Sn][O]C(=O)C=C(C)C. The van der Waals surface area contributed by atoms with Crippen molar-refractivity contribution in [3.05, 3.63) is 23.3 Å². The summed E-state index contributed by atoms with van der Waals surface area (Å²) in [6, 6.07) is 0. The van der Waals surface area contributed by atoms with Gasteiger partial charge in [0.15, 0.2) is 0 Å². The predicted molar refractivity (Wildman–Crippen MR) is 56.8 cm³/mol. The average Bonchev–Trinajstić information content (AvgIpc) is 2.00. The molecule has 0 spiro atoms. The molecular formula is C10H14O4Sn. The van der Waals surface area contributed by atoms with Crippen LogP contribution in [0.4, 0.5) is 0 Å². The molecule has 0 N–H and O–H groups in total. The maximum absolute atomic E-state index is 11.0. The third-order valence-electron chi connectivity index (χ3n) is 1.10. The van der Waals surface area contributed by atoms with Crippen LogP contribution in [0, 0.1) is 0 Å². The standard InChI is InChI=1S/2C5H8O2.Sn/c2*1-4(2)3-5(6)7;/h2*3H,1-2H3,(H,6,7);/q;;+2/p-2. The molecule has 0 saturated carbocycles. The van der Waals surface area contributed by atoms with Gasteiger partial charge in [0, 0.05) is 0 Å². The third kappa shape index (κ3) is 9.52. The van der Waals surface area contributed by atoms with Crippen molar-refractivity contribution in [2.45, 2.75) is 27.7 Å². The van der Waals surface area contributed by atoms with Crippen molar-refractivity contribution in [1.82, 2.24) is 0 Å². The first-order valence-electron chi connectivity index (χ1n) is 4.38. The zero-order chi connectivity index (χ0) is 11.8. The van der Waals surface area contributed by atoms with Gasteiger partial charge in [-0.15, -0.1) is 0 Å². The zero-order valence-electron chi connectivity index (χ0n) is 9.29. The molecule has 0 aromatic heterocycles. The van der Waals surface area contributed by atoms with Crippen LogP contribution in [0.1, 0.15) is 27.7 Å². The molecule has 0 aliphatic carbocycles. The number of carbonyl (C=O) groups is 2. The van der Waals surface area contributed by atoms with E-state index in [9.17, 15) is 9.59 Å². The van der Waals surface area contributed by atoms with Gasteiger partial charge in [0.1, 0.15) is 0 Å². The predicted octanol–water partition coefficient (Wildman–Crippen LogP) is 1.54. The van der Waals surface area contributed by atoms with Crippen molar-refractivity contribution in [3.8, 4) is 0 Å². The maximum atomic E-state index is 11.0. The van der Waals surface area contributed by atoms with E-state index in [0.29, 0.717) is 0 Å². The third-order valence-corrected chi connectivity index (χ3v) is 2.72. The molecule has 0 saturated heterocycles. The Balaban J connectivity index is 3.81. The van der Waals surface area contributed by atoms with Crippen molar-refractivity contribution in [2.75, 3.05) is 0 Å². The molecule has 0 fully saturated rings. The van der Waals surface area contributed by atoms with E-state index in [1.165, 1.54) is 12.2 Å². The molecule has 0 aliphatic rings. The summed E-state index contributed by atoms with van der Waals surface area (Å²) in [6.07, 6.45) is 2.74. The first-order valence-corrected chi connectivity index (χ1v) is 6.71. The van der Waals surface area contributed by atoms with Crippen LogP contribution in [-0.2, 0) is 15.7 Å². The van der Waals surface area contributed by atoms with Gasteiger partial charge in [-0.25, -0.2) is 0 Å². The van der Waals surface area contributed by atoms with Crippen LogP contribution in [0.25, 0.3) is 0 Å². The van der Waals surface area contributed by atoms with Crippen LogP contribution < -0.4 is 0 Å². The summed E-state index contributed by atoms with van der Waals surface area (Å²) in [4.78, 5) is 22.0. The molecule has 0 unspecified atom stereocenters. The average molecular weight is 317 g/mol. The van der Waals surface area contributed by atoms with Gasteiger partial charge < -0.3 is 0 Å². The van der Waals surface area contributed by atoms with Gasteiger partial charge in [-0.05, 0) is 0 Å². The molecule has 0 amide bonds. The molecular weight excluding hydrogens is 303 g/mol. The quantitative estimate of drug-likeness (QED) is 0.583. The zero-order valence-corrected chi connectivity index (χ0v) is 12.1. The van der Waals surface area contributed by atoms with Crippen LogP contribution in [0.2, 0.25) is 0 Å². The first-order chi connectivity index (χ1) is 6.91. The van der Waals surface area contributed by atoms with E-state index in [2.05, 4.69) is 0 Å². The van der Waals surface area contributed by atoms with Crippen molar-refractivity contribution in [3.63, 3.8) is 0 Å². The fourth-order valence-corrected chi connectivity index (χ4v) is 1.56. The van der Waals surface area contributed by atoms with E-state index in [1.807, 2.05) is 0 Å². The second-order valence-corrected chi connectivity index (χ2v) is 5.01. The molecule has 0 aromatic carbocycles. The fourth-order valence-electron chi connectivity index (χ4n) is 0.633. The van der Waals surface area contributed by atoms with Crippen LogP contribution in [0.3, 0.4) is 0 Å². The van der Waals surface area contributed by atoms with Gasteiger partial charge >= 0.3 is 101 Å². The summed E-state index contributed by atoms with van der Waals surface area (Å²) in [5.41, 5.74) is 1.71. The summed E-state index contributed by atoms with van der Waals surface area (Å²) in [5, 5.41) is 0. The van der Waals surface area contributed by atoms with Crippen LogP contribution >= 0.6 is 0 Å². The molecule has 4 nitrogen and oxygen atoms in total. The molecule has 0 bridgehead atoms. The van der Waals surface area contributed by atoms with Gasteiger partial charge in [0.25, 0.3) is 0 Å². The Morgan fingerprint density at radius 2 is 1.20 bits per heavy atom. The second-order valence-electron chi connectivity index (χ2n) is 3.37. The Morgan fingerprint density at radius 1 is 0.867 bits per heavy atom. The Labute approximate surface area is 101 Å². The molecule has 0 atom stereocenters. The van der Waals surface area contributed by atoms with E-state index in [-0.39, 0.29) is 0 Å². The van der Waals surface area contributed by atoms with E-state index in [0.717, 1.165) is 11.1 Å². The van der Waals surface area contributed by atoms with Gasteiger partial charge in [-0.1, -0.05) is 0 Å². The Kier molecular flexibility index (Phi) is 7.11. The van der Waals surface area contributed by atoms with Gasteiger partial charge in [-0.2, -0.15) is 0 Å². The topological polar surface area (TPSA) is 52.6 Å². The number of hydrogen-bond acceptors (Lipinski definition) is 4. The van der Waals surface area contributed by atoms with Gasteiger partial charge in [0.05, 0.1) is 0 Å². The van der Waals surface area contributed by atoms with Crippen molar-refractivity contribution in [2.24, 2.45) is 0 Å². The fraction of sp³-hybridized carbons (Fsp3) is 0.400. The van der Waals surface area contributed by atoms with Crippen LogP contribution in [-0.4, -0.2) is 33.9 Å². The molecule has 2 radical (unpaired) electrons. The summed E-state index contributed by atoms with van der Waals surface area (Å²) in [6.45, 7) is 7.17. The number of carbonyl (C=O) groups excluding carboxylic acids is 2. The molecule has 0 aliphatic heterocycles. The Bertz CT molecular complexity index is 267. The molecule has 5 heteroatoms. The first kappa shape index (κ1) is 14.2. The van der Waals surface area contributed by atoms with Crippen molar-refractivity contribution in [1.29, 1.82) is 0 Å². The van der Waals surface area contributed by atoms with E-state index >= 15 is 0 Å². The summed E-state index contributed by atoms with van der Waals surface area (Å²) < 4.78 is 9.57. The van der Waals surface area contributed by atoms with E-state index in [1.54, 1.807) is 27.7 Å². The molecule has 82 valence electrons. The van der Waals surface area contributed by atoms with Crippen LogP contribution in [0.15, 0.2) is 23.3 Å². The minimum atomic E-state index is -1.83. The summed E-state index contributed by atoms with van der Waals surface area (Å²) in [5.74, 6) is -0.877. The van der Waals surface area contributed by atoms with Gasteiger partial charge in [-0.3, -0.25) is 0 Å². The van der Waals surface area contributed by atoms with Crippen molar-refractivity contribution < 1.29 is 15.7 Å². The number of rotatable bonds is 4. The van der Waals surface area contributed by atoms with Crippen molar-refractivity contribution >= 4 is 33.9 Å². The normalized spacial score (nSPS) is 8.80. The number of allylic oxidation sites excluding steroid dienone is 2. The summed E-state index contributed by atoms with van der Waals surface area (Å²) >= 11 is -1.83. The van der Waals surface area contributed by atoms with E-state index in [4.69, 9.17) is 6.15 Å². The number of hydrogen-bond donors (Lipinski definition) is 0. The van der Waals surface area contributed by atoms with Crippen LogP contribution in [0.5, 0.6) is 0 Å². The molecule has 15 heavy (non-hydrogen) atoms. The molecule has 0 rings (SSSR count). The summed E-state index contributed by atoms with van der Waals surface area (Å²) in [7, 11) is 0. The monoisotopic (exact) mass is 318 g/mol.